The Bertz CT molecular complexity index is 656. The molecule has 2 saturated carbocycles. The molecule has 0 amide bonds. The van der Waals surface area contributed by atoms with Crippen molar-refractivity contribution in [3.8, 4) is 0 Å². The van der Waals surface area contributed by atoms with Gasteiger partial charge >= 0.3 is 11.9 Å². The van der Waals surface area contributed by atoms with Gasteiger partial charge in [-0.2, -0.15) is 0 Å². The zero-order valence-corrected chi connectivity index (χ0v) is 14.7. The number of fused-ring (bicyclic) bond motifs is 1. The van der Waals surface area contributed by atoms with Crippen molar-refractivity contribution in [3.05, 3.63) is 29.8 Å². The number of carboxylic acids is 2. The third-order valence-corrected chi connectivity index (χ3v) is 5.95. The van der Waals surface area contributed by atoms with Crippen LogP contribution in [-0.2, 0) is 16.1 Å². The lowest BCUT2D eigenvalue weighted by Crippen LogP contribution is -2.53. The van der Waals surface area contributed by atoms with Crippen LogP contribution in [0.5, 0.6) is 0 Å². The Labute approximate surface area is 147 Å². The van der Waals surface area contributed by atoms with Gasteiger partial charge in [-0.1, -0.05) is 12.1 Å². The van der Waals surface area contributed by atoms with Gasteiger partial charge in [0.25, 0.3) is 0 Å². The fourth-order valence-corrected chi connectivity index (χ4v) is 4.51. The molecule has 2 aliphatic rings. The first-order chi connectivity index (χ1) is 11.9. The molecule has 1 aromatic rings. The number of hydrogen-bond acceptors (Lipinski definition) is 4. The summed E-state index contributed by atoms with van der Waals surface area (Å²) < 4.78 is 0. The number of nitrogens with zero attached hydrogens (tertiary/aromatic N) is 1. The Morgan fingerprint density at radius 2 is 1.84 bits per heavy atom. The Kier molecular flexibility index (Phi) is 4.73. The number of anilines is 1. The molecule has 0 saturated heterocycles. The van der Waals surface area contributed by atoms with Crippen LogP contribution in [0.3, 0.4) is 0 Å². The molecule has 6 nitrogen and oxygen atoms in total. The van der Waals surface area contributed by atoms with E-state index < -0.39 is 23.4 Å². The van der Waals surface area contributed by atoms with Gasteiger partial charge in [0.05, 0.1) is 5.92 Å². The SMILES string of the molecule is CCN(CC)c1ccc(CNC2(C(=O)O)CCC3C(C(=O)O)C32)cc1. The molecule has 4 atom stereocenters. The van der Waals surface area contributed by atoms with Gasteiger partial charge in [0.1, 0.15) is 5.54 Å². The molecule has 2 fully saturated rings. The second kappa shape index (κ2) is 6.67. The van der Waals surface area contributed by atoms with Crippen molar-refractivity contribution in [3.63, 3.8) is 0 Å². The fraction of sp³-hybridized carbons (Fsp3) is 0.579. The number of carboxylic acid groups (broad SMARTS) is 2. The van der Waals surface area contributed by atoms with Crippen LogP contribution < -0.4 is 10.2 Å². The largest absolute Gasteiger partial charge is 0.481 e. The molecule has 0 heterocycles. The van der Waals surface area contributed by atoms with Gasteiger partial charge in [-0.3, -0.25) is 14.9 Å². The lowest BCUT2D eigenvalue weighted by molar-refractivity contribution is -0.147. The van der Waals surface area contributed by atoms with E-state index in [0.29, 0.717) is 19.4 Å². The summed E-state index contributed by atoms with van der Waals surface area (Å²) in [5, 5.41) is 22.2. The molecule has 0 bridgehead atoms. The Balaban J connectivity index is 1.69. The minimum absolute atomic E-state index is 0.00569. The summed E-state index contributed by atoms with van der Waals surface area (Å²) in [5.74, 6) is -2.60. The fourth-order valence-electron chi connectivity index (χ4n) is 4.51. The van der Waals surface area contributed by atoms with Gasteiger partial charge in [0.2, 0.25) is 0 Å². The molecule has 0 radical (unpaired) electrons. The smallest absolute Gasteiger partial charge is 0.324 e. The summed E-state index contributed by atoms with van der Waals surface area (Å²) in [6.45, 7) is 6.54. The maximum Gasteiger partial charge on any atom is 0.324 e. The number of hydrogen-bond donors (Lipinski definition) is 3. The van der Waals surface area contributed by atoms with E-state index >= 15 is 0 Å². The zero-order valence-electron chi connectivity index (χ0n) is 14.7. The van der Waals surface area contributed by atoms with Crippen molar-refractivity contribution in [2.24, 2.45) is 17.8 Å². The standard InChI is InChI=1S/C19H26N2O4/c1-3-21(4-2)13-7-5-12(6-8-13)11-20-19(18(24)25)10-9-14-15(16(14)19)17(22)23/h5-8,14-16,20H,3-4,9-11H2,1-2H3,(H,22,23)(H,24,25). The Hall–Kier alpha value is -2.08. The van der Waals surface area contributed by atoms with Gasteiger partial charge in [-0.05, 0) is 50.3 Å². The van der Waals surface area contributed by atoms with Crippen LogP contribution in [0.1, 0.15) is 32.3 Å². The van der Waals surface area contributed by atoms with Gasteiger partial charge in [-0.25, -0.2) is 0 Å². The summed E-state index contributed by atoms with van der Waals surface area (Å²) in [4.78, 5) is 25.5. The number of carbonyl (C=O) groups is 2. The van der Waals surface area contributed by atoms with Crippen LogP contribution in [0.4, 0.5) is 5.69 Å². The second-order valence-corrected chi connectivity index (χ2v) is 7.06. The molecule has 1 aromatic carbocycles. The van der Waals surface area contributed by atoms with E-state index in [4.69, 9.17) is 0 Å². The van der Waals surface area contributed by atoms with E-state index in [2.05, 4.69) is 24.1 Å². The highest BCUT2D eigenvalue weighted by Gasteiger charge is 2.71. The molecule has 0 aromatic heterocycles. The first-order valence-corrected chi connectivity index (χ1v) is 8.99. The van der Waals surface area contributed by atoms with Gasteiger partial charge < -0.3 is 15.1 Å². The van der Waals surface area contributed by atoms with Crippen molar-refractivity contribution in [2.45, 2.75) is 38.8 Å². The van der Waals surface area contributed by atoms with Crippen LogP contribution in [0.25, 0.3) is 0 Å². The van der Waals surface area contributed by atoms with E-state index in [1.165, 1.54) is 0 Å². The first kappa shape index (κ1) is 17.7. The quantitative estimate of drug-likeness (QED) is 0.668. The highest BCUT2D eigenvalue weighted by Crippen LogP contribution is 2.62. The number of rotatable bonds is 8. The van der Waals surface area contributed by atoms with Crippen LogP contribution in [0.2, 0.25) is 0 Å². The molecule has 4 unspecified atom stereocenters. The molecule has 3 N–H and O–H groups in total. The summed E-state index contributed by atoms with van der Waals surface area (Å²) in [6.07, 6.45) is 1.17. The monoisotopic (exact) mass is 346 g/mol. The summed E-state index contributed by atoms with van der Waals surface area (Å²) in [5.41, 5.74) is 1.05. The summed E-state index contributed by atoms with van der Waals surface area (Å²) >= 11 is 0. The molecular weight excluding hydrogens is 320 g/mol. The van der Waals surface area contributed by atoms with Gasteiger partial charge in [0.15, 0.2) is 0 Å². The predicted molar refractivity (Wildman–Crippen MR) is 94.5 cm³/mol. The van der Waals surface area contributed by atoms with E-state index in [-0.39, 0.29) is 11.8 Å². The molecule has 3 rings (SSSR count). The third-order valence-electron chi connectivity index (χ3n) is 5.95. The van der Waals surface area contributed by atoms with E-state index in [1.807, 2.05) is 24.3 Å². The maximum absolute atomic E-state index is 11.9. The Morgan fingerprint density at radius 1 is 1.20 bits per heavy atom. The molecule has 25 heavy (non-hydrogen) atoms. The van der Waals surface area contributed by atoms with Gasteiger partial charge in [0, 0.05) is 31.2 Å². The lowest BCUT2D eigenvalue weighted by atomic mass is 9.90. The van der Waals surface area contributed by atoms with Crippen molar-refractivity contribution in [1.82, 2.24) is 5.32 Å². The average molecular weight is 346 g/mol. The molecule has 0 spiro atoms. The molecule has 6 heteroatoms. The van der Waals surface area contributed by atoms with Gasteiger partial charge in [-0.15, -0.1) is 0 Å². The normalized spacial score (nSPS) is 29.9. The van der Waals surface area contributed by atoms with E-state index in [9.17, 15) is 19.8 Å². The zero-order chi connectivity index (χ0) is 18.2. The minimum Gasteiger partial charge on any atom is -0.481 e. The molecule has 0 aliphatic heterocycles. The van der Waals surface area contributed by atoms with Crippen LogP contribution in [0.15, 0.2) is 24.3 Å². The highest BCUT2D eigenvalue weighted by molar-refractivity contribution is 5.85. The average Bonchev–Trinajstić information content (AvgIpc) is 3.22. The second-order valence-electron chi connectivity index (χ2n) is 7.06. The summed E-state index contributed by atoms with van der Waals surface area (Å²) in [7, 11) is 0. The van der Waals surface area contributed by atoms with Crippen LogP contribution in [0, 0.1) is 17.8 Å². The van der Waals surface area contributed by atoms with Crippen molar-refractivity contribution < 1.29 is 19.8 Å². The van der Waals surface area contributed by atoms with Crippen LogP contribution in [-0.4, -0.2) is 40.8 Å². The van der Waals surface area contributed by atoms with E-state index in [0.717, 1.165) is 24.3 Å². The Morgan fingerprint density at radius 3 is 2.32 bits per heavy atom. The van der Waals surface area contributed by atoms with Crippen molar-refractivity contribution in [1.29, 1.82) is 0 Å². The highest BCUT2D eigenvalue weighted by atomic mass is 16.4. The first-order valence-electron chi connectivity index (χ1n) is 8.99. The molecule has 2 aliphatic carbocycles. The van der Waals surface area contributed by atoms with Crippen molar-refractivity contribution in [2.75, 3.05) is 18.0 Å². The molecular formula is C19H26N2O4. The topological polar surface area (TPSA) is 89.9 Å². The lowest BCUT2D eigenvalue weighted by Gasteiger charge is -2.29. The maximum atomic E-state index is 11.9. The minimum atomic E-state index is -1.11. The third kappa shape index (κ3) is 2.99. The van der Waals surface area contributed by atoms with E-state index in [1.54, 1.807) is 0 Å². The van der Waals surface area contributed by atoms with Crippen LogP contribution >= 0.6 is 0 Å². The van der Waals surface area contributed by atoms with Crippen molar-refractivity contribution >= 4 is 17.6 Å². The predicted octanol–water partition coefficient (Wildman–Crippen LogP) is 2.19. The number of aliphatic carboxylic acids is 2. The number of benzene rings is 1. The number of nitrogens with one attached hydrogen (secondary N) is 1. The molecule has 136 valence electrons. The summed E-state index contributed by atoms with van der Waals surface area (Å²) in [6, 6.07) is 8.10.